The van der Waals surface area contributed by atoms with Crippen LogP contribution in [0.3, 0.4) is 0 Å². The summed E-state index contributed by atoms with van der Waals surface area (Å²) in [5.74, 6) is -0.768. The fourth-order valence-electron chi connectivity index (χ4n) is 3.48. The Bertz CT molecular complexity index is 1360. The number of benzene rings is 2. The second kappa shape index (κ2) is 10.2. The van der Waals surface area contributed by atoms with E-state index in [-0.39, 0.29) is 24.0 Å². The zero-order valence-corrected chi connectivity index (χ0v) is 19.7. The largest absolute Gasteiger partial charge is 0.473 e. The third kappa shape index (κ3) is 5.63. The van der Waals surface area contributed by atoms with E-state index >= 15 is 0 Å². The van der Waals surface area contributed by atoms with Crippen molar-refractivity contribution in [3.63, 3.8) is 0 Å². The number of aromatic nitrogens is 2. The number of anilines is 1. The second-order valence-electron chi connectivity index (χ2n) is 7.86. The molecule has 12 heteroatoms. The van der Waals surface area contributed by atoms with Crippen molar-refractivity contribution in [2.45, 2.75) is 12.8 Å². The van der Waals surface area contributed by atoms with Crippen LogP contribution in [0.5, 0.6) is 17.4 Å². The minimum absolute atomic E-state index is 0.0361. The predicted octanol–water partition coefficient (Wildman–Crippen LogP) is 5.31. The van der Waals surface area contributed by atoms with Crippen LogP contribution in [-0.2, 0) is 24.6 Å². The van der Waals surface area contributed by atoms with Gasteiger partial charge in [0, 0.05) is 25.4 Å². The molecule has 3 aromatic rings. The molecule has 2 heterocycles. The highest BCUT2D eigenvalue weighted by Gasteiger charge is 2.33. The molecule has 7 nitrogen and oxygen atoms in total. The van der Waals surface area contributed by atoms with Crippen molar-refractivity contribution >= 4 is 17.4 Å². The van der Waals surface area contributed by atoms with E-state index in [0.717, 1.165) is 12.1 Å². The van der Waals surface area contributed by atoms with Gasteiger partial charge in [0.15, 0.2) is 11.6 Å². The Morgan fingerprint density at radius 3 is 2.67 bits per heavy atom. The van der Waals surface area contributed by atoms with Crippen molar-refractivity contribution in [2.75, 3.05) is 24.7 Å². The average Bonchev–Trinajstić information content (AvgIpc) is 2.82. The van der Waals surface area contributed by atoms with Crippen LogP contribution in [0.2, 0.25) is 5.02 Å². The standard InChI is InChI=1S/C24H20ClF4N3O4/c1-14-12-34-8-7-32(14)22-11-21(30-23(33)31(22)2)35-13-15-3-6-20(19(26)9-15)36-16-4-5-18(25)17(10-16)24(27,28)29/h3-6,9-11H,1,7-8,12-13H2,2H3. The first-order valence-corrected chi connectivity index (χ1v) is 11.0. The molecule has 0 aliphatic carbocycles. The lowest BCUT2D eigenvalue weighted by atomic mass is 10.2. The monoisotopic (exact) mass is 525 g/mol. The molecule has 0 N–H and O–H groups in total. The molecule has 4 rings (SSSR count). The lowest BCUT2D eigenvalue weighted by Crippen LogP contribution is -2.37. The summed E-state index contributed by atoms with van der Waals surface area (Å²) in [4.78, 5) is 18.0. The fourth-order valence-corrected chi connectivity index (χ4v) is 3.71. The lowest BCUT2D eigenvalue weighted by Gasteiger charge is -2.31. The van der Waals surface area contributed by atoms with Gasteiger partial charge in [-0.3, -0.25) is 4.57 Å². The minimum atomic E-state index is -4.68. The van der Waals surface area contributed by atoms with Crippen LogP contribution >= 0.6 is 11.6 Å². The molecule has 0 radical (unpaired) electrons. The maximum atomic E-state index is 14.6. The molecule has 0 amide bonds. The SMILES string of the molecule is C=C1COCCN1c1cc(OCc2ccc(Oc3ccc(Cl)c(C(F)(F)F)c3)c(F)c2)nc(=O)n1C. The van der Waals surface area contributed by atoms with Gasteiger partial charge in [-0.2, -0.15) is 18.2 Å². The second-order valence-corrected chi connectivity index (χ2v) is 8.27. The Labute approximate surface area is 208 Å². The topological polar surface area (TPSA) is 65.8 Å². The maximum Gasteiger partial charge on any atom is 0.417 e. The summed E-state index contributed by atoms with van der Waals surface area (Å²) < 4.78 is 71.4. The molecular weight excluding hydrogens is 506 g/mol. The first kappa shape index (κ1) is 25.5. The molecule has 0 atom stereocenters. The highest BCUT2D eigenvalue weighted by Crippen LogP contribution is 2.38. The Kier molecular flexibility index (Phi) is 7.23. The first-order chi connectivity index (χ1) is 17.0. The van der Waals surface area contributed by atoms with Crippen LogP contribution in [0.4, 0.5) is 23.4 Å². The molecule has 0 spiro atoms. The number of hydrogen-bond donors (Lipinski definition) is 0. The number of rotatable bonds is 6. The van der Waals surface area contributed by atoms with Gasteiger partial charge in [-0.1, -0.05) is 24.2 Å². The Hall–Kier alpha value is -3.57. The van der Waals surface area contributed by atoms with Gasteiger partial charge in [-0.25, -0.2) is 9.18 Å². The van der Waals surface area contributed by atoms with Crippen molar-refractivity contribution < 1.29 is 31.8 Å². The molecule has 36 heavy (non-hydrogen) atoms. The van der Waals surface area contributed by atoms with Gasteiger partial charge in [0.2, 0.25) is 5.88 Å². The Morgan fingerprint density at radius 1 is 1.19 bits per heavy atom. The Morgan fingerprint density at radius 2 is 1.97 bits per heavy atom. The molecule has 190 valence electrons. The van der Waals surface area contributed by atoms with Gasteiger partial charge in [0.1, 0.15) is 18.2 Å². The predicted molar refractivity (Wildman–Crippen MR) is 124 cm³/mol. The summed E-state index contributed by atoms with van der Waals surface area (Å²) >= 11 is 5.60. The van der Waals surface area contributed by atoms with Crippen molar-refractivity contribution in [3.05, 3.63) is 87.2 Å². The third-order valence-corrected chi connectivity index (χ3v) is 5.66. The van der Waals surface area contributed by atoms with Gasteiger partial charge < -0.3 is 19.1 Å². The van der Waals surface area contributed by atoms with Gasteiger partial charge in [-0.15, -0.1) is 0 Å². The smallest absolute Gasteiger partial charge is 0.417 e. The normalized spacial score (nSPS) is 14.2. The van der Waals surface area contributed by atoms with Gasteiger partial charge in [0.25, 0.3) is 0 Å². The van der Waals surface area contributed by atoms with Crippen molar-refractivity contribution in [2.24, 2.45) is 7.05 Å². The van der Waals surface area contributed by atoms with E-state index in [9.17, 15) is 22.4 Å². The molecule has 0 unspecified atom stereocenters. The number of halogens is 5. The highest BCUT2D eigenvalue weighted by molar-refractivity contribution is 6.31. The summed E-state index contributed by atoms with van der Waals surface area (Å²) in [7, 11) is 1.57. The summed E-state index contributed by atoms with van der Waals surface area (Å²) in [6.07, 6.45) is -4.68. The summed E-state index contributed by atoms with van der Waals surface area (Å²) in [5, 5.41) is -0.492. The van der Waals surface area contributed by atoms with Gasteiger partial charge in [0.05, 0.1) is 23.8 Å². The molecule has 1 aromatic heterocycles. The molecule has 1 aliphatic heterocycles. The number of alkyl halides is 3. The number of nitrogens with zero attached hydrogens (tertiary/aromatic N) is 3. The van der Waals surface area contributed by atoms with E-state index in [4.69, 9.17) is 25.8 Å². The minimum Gasteiger partial charge on any atom is -0.473 e. The molecule has 1 aliphatic rings. The fraction of sp³-hybridized carbons (Fsp3) is 0.250. The van der Waals surface area contributed by atoms with Crippen LogP contribution in [0.1, 0.15) is 11.1 Å². The molecule has 1 saturated heterocycles. The zero-order valence-electron chi connectivity index (χ0n) is 18.9. The summed E-state index contributed by atoms with van der Waals surface area (Å²) in [6, 6.07) is 8.35. The van der Waals surface area contributed by atoms with Crippen LogP contribution in [0, 0.1) is 5.82 Å². The van der Waals surface area contributed by atoms with Crippen LogP contribution in [0.25, 0.3) is 0 Å². The third-order valence-electron chi connectivity index (χ3n) is 5.33. The van der Waals surface area contributed by atoms with E-state index in [1.165, 1.54) is 22.8 Å². The van der Waals surface area contributed by atoms with Crippen molar-refractivity contribution in [1.29, 1.82) is 0 Å². The van der Waals surface area contributed by atoms with Gasteiger partial charge in [-0.05, 0) is 35.9 Å². The van der Waals surface area contributed by atoms with E-state index < -0.39 is 28.3 Å². The molecule has 0 bridgehead atoms. The number of hydrogen-bond acceptors (Lipinski definition) is 6. The van der Waals surface area contributed by atoms with Crippen LogP contribution in [-0.4, -0.2) is 29.3 Å². The van der Waals surface area contributed by atoms with Crippen molar-refractivity contribution in [1.82, 2.24) is 9.55 Å². The quantitative estimate of drug-likeness (QED) is 0.406. The summed E-state index contributed by atoms with van der Waals surface area (Å²) in [6.45, 7) is 5.11. The van der Waals surface area contributed by atoms with Crippen molar-refractivity contribution in [3.8, 4) is 17.4 Å². The van der Waals surface area contributed by atoms with E-state index in [1.54, 1.807) is 13.1 Å². The molecular formula is C24H20ClF4N3O4. The zero-order chi connectivity index (χ0) is 26.0. The molecule has 0 saturated carbocycles. The lowest BCUT2D eigenvalue weighted by molar-refractivity contribution is -0.137. The highest BCUT2D eigenvalue weighted by atomic mass is 35.5. The molecule has 1 fully saturated rings. The number of ether oxygens (including phenoxy) is 3. The maximum absolute atomic E-state index is 14.6. The van der Waals surface area contributed by atoms with E-state index in [2.05, 4.69) is 11.6 Å². The summed E-state index contributed by atoms with van der Waals surface area (Å²) in [5.41, 5.74) is -0.576. The van der Waals surface area contributed by atoms with E-state index in [0.29, 0.717) is 42.9 Å². The Balaban J connectivity index is 1.48. The van der Waals surface area contributed by atoms with Crippen LogP contribution in [0.15, 0.2) is 59.5 Å². The van der Waals surface area contributed by atoms with E-state index in [1.807, 2.05) is 4.90 Å². The molecule has 2 aromatic carbocycles. The average molecular weight is 526 g/mol. The number of morpholine rings is 1. The first-order valence-electron chi connectivity index (χ1n) is 10.6. The van der Waals surface area contributed by atoms with Crippen LogP contribution < -0.4 is 20.1 Å². The van der Waals surface area contributed by atoms with Gasteiger partial charge >= 0.3 is 11.9 Å².